The predicted molar refractivity (Wildman–Crippen MR) is 229 cm³/mol. The maximum atomic E-state index is 6.47. The van der Waals surface area contributed by atoms with Crippen LogP contribution in [-0.4, -0.2) is 14.1 Å². The van der Waals surface area contributed by atoms with Crippen LogP contribution in [0.3, 0.4) is 0 Å². The minimum Gasteiger partial charge on any atom is -0.510 e. The number of nitrogens with zero attached hydrogens (tertiary/aromatic N) is 4. The van der Waals surface area contributed by atoms with E-state index in [0.717, 1.165) is 39.0 Å². The van der Waals surface area contributed by atoms with Gasteiger partial charge in [0.2, 0.25) is 0 Å². The maximum Gasteiger partial charge on any atom is 0.267 e. The fourth-order valence-electron chi connectivity index (χ4n) is 7.63. The van der Waals surface area contributed by atoms with Crippen LogP contribution in [-0.2, 0) is 26.5 Å². The van der Waals surface area contributed by atoms with Crippen LogP contribution in [0.5, 0.6) is 11.5 Å². The van der Waals surface area contributed by atoms with E-state index in [1.807, 2.05) is 52.0 Å². The second-order valence-corrected chi connectivity index (χ2v) is 16.8. The molecule has 0 fully saturated rings. The topological polar surface area (TPSA) is 35.9 Å². The van der Waals surface area contributed by atoms with E-state index in [9.17, 15) is 0 Å². The Morgan fingerprint density at radius 1 is 0.702 bits per heavy atom. The number of aromatic nitrogens is 4. The first kappa shape index (κ1) is 40.0. The van der Waals surface area contributed by atoms with Gasteiger partial charge in [0.05, 0.1) is 5.69 Å². The first-order valence-corrected chi connectivity index (χ1v) is 19.8. The molecule has 6 heteroatoms. The van der Waals surface area contributed by atoms with Crippen LogP contribution in [0.15, 0.2) is 122 Å². The summed E-state index contributed by atoms with van der Waals surface area (Å²) >= 11 is 0. The molecule has 0 saturated carbocycles. The molecule has 0 spiro atoms. The van der Waals surface area contributed by atoms with Gasteiger partial charge in [0.25, 0.3) is 6.33 Å². The second-order valence-electron chi connectivity index (χ2n) is 16.8. The van der Waals surface area contributed by atoms with Crippen molar-refractivity contribution in [1.82, 2.24) is 14.1 Å². The zero-order chi connectivity index (χ0) is 39.3. The van der Waals surface area contributed by atoms with Crippen LogP contribution < -0.4 is 9.30 Å². The Bertz CT molecular complexity index is 2680. The standard InChI is InChI=1S/C51H50N4O.Pt/c1-33(2)37-27-45(34(3)4)50(46(28-37)35(5)6)36-14-12-15-39(26-36)53-24-25-54(32-53)40-16-13-17-41(30-40)56-42-20-21-44-43-18-10-11-19-47(43)55(48(44)31-42)49-29-38(22-23-52-49)51(7,8)9;/h10-29,33-35H,1-9H3;/q-2;. The third kappa shape index (κ3) is 7.88. The Morgan fingerprint density at radius 3 is 2.14 bits per heavy atom. The number of pyridine rings is 1. The Kier molecular flexibility index (Phi) is 11.2. The summed E-state index contributed by atoms with van der Waals surface area (Å²) in [4.78, 5) is 4.82. The van der Waals surface area contributed by atoms with E-state index in [1.54, 1.807) is 0 Å². The van der Waals surface area contributed by atoms with Crippen molar-refractivity contribution in [3.8, 4) is 39.8 Å². The van der Waals surface area contributed by atoms with Gasteiger partial charge in [0, 0.05) is 56.7 Å². The molecule has 0 unspecified atom stereocenters. The minimum atomic E-state index is -0.00906. The van der Waals surface area contributed by atoms with E-state index in [2.05, 4.69) is 164 Å². The fraction of sp³-hybridized carbons (Fsp3) is 0.255. The summed E-state index contributed by atoms with van der Waals surface area (Å²) in [5.41, 5.74) is 11.9. The van der Waals surface area contributed by atoms with Gasteiger partial charge in [0.1, 0.15) is 5.82 Å². The quantitative estimate of drug-likeness (QED) is 0.107. The van der Waals surface area contributed by atoms with Crippen LogP contribution in [0, 0.1) is 18.5 Å². The van der Waals surface area contributed by atoms with Crippen molar-refractivity contribution < 1.29 is 30.4 Å². The van der Waals surface area contributed by atoms with Gasteiger partial charge in [-0.2, -0.15) is 18.2 Å². The number of benzene rings is 5. The molecular formula is C51H50N4OPt-2. The molecule has 0 aliphatic carbocycles. The second kappa shape index (κ2) is 15.9. The molecule has 8 rings (SSSR count). The van der Waals surface area contributed by atoms with Crippen molar-refractivity contribution in [2.24, 2.45) is 0 Å². The monoisotopic (exact) mass is 929 g/mol. The molecule has 5 aromatic carbocycles. The third-order valence-electron chi connectivity index (χ3n) is 10.8. The number of fused-ring (bicyclic) bond motifs is 3. The Morgan fingerprint density at radius 2 is 1.42 bits per heavy atom. The van der Waals surface area contributed by atoms with E-state index in [1.165, 1.54) is 33.4 Å². The smallest absolute Gasteiger partial charge is 0.267 e. The number of hydrogen-bond acceptors (Lipinski definition) is 2. The Hall–Kier alpha value is -5.25. The molecule has 57 heavy (non-hydrogen) atoms. The Labute approximate surface area is 352 Å². The molecule has 0 bridgehead atoms. The van der Waals surface area contributed by atoms with Crippen LogP contribution >= 0.6 is 0 Å². The van der Waals surface area contributed by atoms with Gasteiger partial charge in [-0.25, -0.2) is 4.98 Å². The van der Waals surface area contributed by atoms with Gasteiger partial charge in [0.15, 0.2) is 0 Å². The van der Waals surface area contributed by atoms with Crippen molar-refractivity contribution in [3.63, 3.8) is 0 Å². The fourth-order valence-corrected chi connectivity index (χ4v) is 7.63. The number of imidazole rings is 1. The summed E-state index contributed by atoms with van der Waals surface area (Å²) in [5.74, 6) is 3.34. The molecule has 0 saturated heterocycles. The van der Waals surface area contributed by atoms with E-state index in [-0.39, 0.29) is 26.5 Å². The molecule has 0 N–H and O–H groups in total. The average Bonchev–Trinajstić information content (AvgIpc) is 3.81. The van der Waals surface area contributed by atoms with Gasteiger partial charge in [-0.1, -0.05) is 110 Å². The first-order valence-electron chi connectivity index (χ1n) is 19.8. The molecule has 3 aromatic heterocycles. The first-order chi connectivity index (χ1) is 26.9. The van der Waals surface area contributed by atoms with Crippen LogP contribution in [0.2, 0.25) is 0 Å². The van der Waals surface area contributed by atoms with Crippen LogP contribution in [0.4, 0.5) is 0 Å². The normalized spacial score (nSPS) is 11.9. The predicted octanol–water partition coefficient (Wildman–Crippen LogP) is 12.8. The van der Waals surface area contributed by atoms with E-state index < -0.39 is 0 Å². The van der Waals surface area contributed by atoms with Gasteiger partial charge in [-0.15, -0.1) is 29.7 Å². The van der Waals surface area contributed by atoms with Crippen LogP contribution in [0.25, 0.3) is 50.1 Å². The summed E-state index contributed by atoms with van der Waals surface area (Å²) in [5, 5.41) is 2.24. The van der Waals surface area contributed by atoms with Gasteiger partial charge >= 0.3 is 0 Å². The SMILES string of the molecule is CC(C)c1cc(C(C)C)c(-c2cccc(-[n+]3[c-]n(-c4[c-]c(Oc5[c-]c6c(cc5)c5ccccc5n6-c5cc(C(C)(C)C)ccn5)ccc4)cc3)c2)c(C(C)C)c1.[Pt]. The molecule has 0 radical (unpaired) electrons. The number of rotatable bonds is 9. The maximum absolute atomic E-state index is 6.47. The van der Waals surface area contributed by atoms with Crippen LogP contribution in [0.1, 0.15) is 102 Å². The zero-order valence-corrected chi connectivity index (χ0v) is 36.6. The van der Waals surface area contributed by atoms with Crippen molar-refractivity contribution in [3.05, 3.63) is 162 Å². The molecule has 0 aliphatic rings. The average molecular weight is 930 g/mol. The van der Waals surface area contributed by atoms with E-state index in [4.69, 9.17) is 9.72 Å². The van der Waals surface area contributed by atoms with Gasteiger partial charge in [-0.05, 0) is 98.0 Å². The summed E-state index contributed by atoms with van der Waals surface area (Å²) in [6, 6.07) is 43.4. The minimum absolute atomic E-state index is 0. The van der Waals surface area contributed by atoms with Crippen molar-refractivity contribution in [1.29, 1.82) is 0 Å². The number of para-hydroxylation sites is 1. The van der Waals surface area contributed by atoms with Gasteiger partial charge < -0.3 is 13.9 Å². The largest absolute Gasteiger partial charge is 0.510 e. The summed E-state index contributed by atoms with van der Waals surface area (Å²) in [7, 11) is 0. The van der Waals surface area contributed by atoms with Crippen molar-refractivity contribution in [2.45, 2.75) is 85.5 Å². The summed E-state index contributed by atoms with van der Waals surface area (Å²) < 4.78 is 12.7. The van der Waals surface area contributed by atoms with Crippen molar-refractivity contribution in [2.75, 3.05) is 0 Å². The molecule has 3 heterocycles. The van der Waals surface area contributed by atoms with E-state index in [0.29, 0.717) is 29.3 Å². The molecule has 0 aliphatic heterocycles. The number of ether oxygens (including phenoxy) is 1. The Balaban J connectivity index is 0.00000496. The molecular weight excluding hydrogens is 880 g/mol. The molecule has 292 valence electrons. The number of hydrogen-bond donors (Lipinski definition) is 0. The van der Waals surface area contributed by atoms with Crippen molar-refractivity contribution >= 4 is 21.8 Å². The molecule has 0 amide bonds. The summed E-state index contributed by atoms with van der Waals surface area (Å²) in [6.45, 7) is 20.4. The molecule has 0 atom stereocenters. The van der Waals surface area contributed by atoms with E-state index >= 15 is 0 Å². The molecule has 8 aromatic rings. The third-order valence-corrected chi connectivity index (χ3v) is 10.8. The summed E-state index contributed by atoms with van der Waals surface area (Å²) in [6.07, 6.45) is 9.47. The van der Waals surface area contributed by atoms with Gasteiger partial charge in [-0.3, -0.25) is 4.57 Å². The zero-order valence-electron chi connectivity index (χ0n) is 34.3. The molecule has 5 nitrogen and oxygen atoms in total.